The van der Waals surface area contributed by atoms with Gasteiger partial charge >= 0.3 is 6.01 Å². The lowest BCUT2D eigenvalue weighted by atomic mass is 10.3. The van der Waals surface area contributed by atoms with Crippen LogP contribution in [-0.2, 0) is 4.79 Å². The first kappa shape index (κ1) is 15.4. The second-order valence-electron chi connectivity index (χ2n) is 4.74. The maximum atomic E-state index is 12.0. The van der Waals surface area contributed by atoms with Crippen molar-refractivity contribution in [1.82, 2.24) is 15.0 Å². The number of ether oxygens (including phenoxy) is 1. The average molecular weight is 318 g/mol. The minimum atomic E-state index is -0.256. The maximum absolute atomic E-state index is 12.0. The fraction of sp³-hybridized carbons (Fsp3) is 0. The number of aromatic nitrogens is 3. The number of hydrogen-bond acceptors (Lipinski definition) is 5. The lowest BCUT2D eigenvalue weighted by molar-refractivity contribution is -0.111. The number of pyridine rings is 1. The van der Waals surface area contributed by atoms with E-state index in [0.717, 1.165) is 0 Å². The Kier molecular flexibility index (Phi) is 4.89. The van der Waals surface area contributed by atoms with E-state index in [-0.39, 0.29) is 11.9 Å². The number of benzene rings is 1. The number of carbonyl (C=O) groups excluding carboxylic acids is 1. The van der Waals surface area contributed by atoms with Crippen LogP contribution in [0.5, 0.6) is 11.8 Å². The monoisotopic (exact) mass is 318 g/mol. The Balaban J connectivity index is 1.64. The van der Waals surface area contributed by atoms with Crippen LogP contribution in [0.1, 0.15) is 5.69 Å². The van der Waals surface area contributed by atoms with Crippen molar-refractivity contribution < 1.29 is 9.53 Å². The first-order chi connectivity index (χ1) is 11.8. The van der Waals surface area contributed by atoms with Crippen LogP contribution < -0.4 is 10.1 Å². The number of anilines is 1. The summed E-state index contributed by atoms with van der Waals surface area (Å²) in [6, 6.07) is 14.4. The van der Waals surface area contributed by atoms with Crippen LogP contribution in [-0.4, -0.2) is 20.9 Å². The van der Waals surface area contributed by atoms with Gasteiger partial charge in [0.1, 0.15) is 5.75 Å². The predicted octanol–water partition coefficient (Wildman–Crippen LogP) is 3.32. The van der Waals surface area contributed by atoms with Gasteiger partial charge in [0.25, 0.3) is 0 Å². The van der Waals surface area contributed by atoms with Gasteiger partial charge in [-0.15, -0.1) is 0 Å². The third-order valence-electron chi connectivity index (χ3n) is 2.95. The highest BCUT2D eigenvalue weighted by atomic mass is 16.5. The summed E-state index contributed by atoms with van der Waals surface area (Å²) in [6.45, 7) is 0. The molecule has 3 rings (SSSR count). The highest BCUT2D eigenvalue weighted by Crippen LogP contribution is 2.21. The van der Waals surface area contributed by atoms with E-state index in [0.29, 0.717) is 17.1 Å². The molecule has 0 bridgehead atoms. The van der Waals surface area contributed by atoms with Gasteiger partial charge in [-0.2, -0.15) is 0 Å². The molecule has 3 aromatic rings. The van der Waals surface area contributed by atoms with Gasteiger partial charge in [0.15, 0.2) is 0 Å². The van der Waals surface area contributed by atoms with E-state index in [4.69, 9.17) is 4.74 Å². The highest BCUT2D eigenvalue weighted by molar-refractivity contribution is 6.01. The van der Waals surface area contributed by atoms with Crippen molar-refractivity contribution in [2.45, 2.75) is 0 Å². The van der Waals surface area contributed by atoms with Crippen LogP contribution in [0.2, 0.25) is 0 Å². The molecular formula is C18H14N4O2. The Bertz CT molecular complexity index is 836. The summed E-state index contributed by atoms with van der Waals surface area (Å²) in [5.41, 5.74) is 1.32. The number of amides is 1. The number of nitrogens with one attached hydrogen (secondary N) is 1. The van der Waals surface area contributed by atoms with E-state index < -0.39 is 0 Å². The van der Waals surface area contributed by atoms with E-state index in [1.54, 1.807) is 55.0 Å². The van der Waals surface area contributed by atoms with Crippen molar-refractivity contribution in [2.24, 2.45) is 0 Å². The summed E-state index contributed by atoms with van der Waals surface area (Å²) in [5, 5.41) is 2.76. The molecule has 118 valence electrons. The number of carbonyl (C=O) groups is 1. The van der Waals surface area contributed by atoms with Gasteiger partial charge < -0.3 is 10.1 Å². The van der Waals surface area contributed by atoms with E-state index in [9.17, 15) is 4.79 Å². The quantitative estimate of drug-likeness (QED) is 0.730. The van der Waals surface area contributed by atoms with E-state index in [2.05, 4.69) is 20.3 Å². The van der Waals surface area contributed by atoms with Crippen LogP contribution >= 0.6 is 0 Å². The molecule has 0 saturated carbocycles. The Hall–Kier alpha value is -3.54. The topological polar surface area (TPSA) is 77.0 Å². The molecule has 6 nitrogen and oxygen atoms in total. The molecule has 0 unspecified atom stereocenters. The smallest absolute Gasteiger partial charge is 0.321 e. The minimum absolute atomic E-state index is 0.246. The van der Waals surface area contributed by atoms with Gasteiger partial charge in [0.05, 0.1) is 5.69 Å². The normalized spacial score (nSPS) is 10.5. The van der Waals surface area contributed by atoms with Crippen molar-refractivity contribution in [2.75, 3.05) is 5.32 Å². The van der Waals surface area contributed by atoms with Gasteiger partial charge in [-0.3, -0.25) is 9.78 Å². The van der Waals surface area contributed by atoms with Crippen molar-refractivity contribution in [3.8, 4) is 11.8 Å². The van der Waals surface area contributed by atoms with Crippen molar-refractivity contribution in [1.29, 1.82) is 0 Å². The second-order valence-corrected chi connectivity index (χ2v) is 4.74. The summed E-state index contributed by atoms with van der Waals surface area (Å²) in [5.74, 6) is 0.279. The van der Waals surface area contributed by atoms with Crippen LogP contribution in [0.25, 0.3) is 6.08 Å². The lowest BCUT2D eigenvalue weighted by Gasteiger charge is -2.06. The molecular weight excluding hydrogens is 304 g/mol. The Labute approximate surface area is 138 Å². The SMILES string of the molecule is O=C(/C=C\c1ccccn1)Nc1cccc(Oc2ncccn2)c1. The summed E-state index contributed by atoms with van der Waals surface area (Å²) in [4.78, 5) is 24.1. The number of hydrogen-bond donors (Lipinski definition) is 1. The predicted molar refractivity (Wildman–Crippen MR) is 90.4 cm³/mol. The average Bonchev–Trinajstić information content (AvgIpc) is 2.62. The summed E-state index contributed by atoms with van der Waals surface area (Å²) in [6.07, 6.45) is 7.93. The standard InChI is InChI=1S/C18H14N4O2/c23-17(9-8-14-5-1-2-10-19-14)22-15-6-3-7-16(13-15)24-18-20-11-4-12-21-18/h1-13H,(H,22,23)/b9-8-. The first-order valence-electron chi connectivity index (χ1n) is 7.25. The van der Waals surface area contributed by atoms with Gasteiger partial charge in [-0.05, 0) is 36.4 Å². The molecule has 0 spiro atoms. The minimum Gasteiger partial charge on any atom is -0.424 e. The molecule has 0 atom stereocenters. The molecule has 1 amide bonds. The molecule has 2 aromatic heterocycles. The van der Waals surface area contributed by atoms with Crippen LogP contribution in [0, 0.1) is 0 Å². The van der Waals surface area contributed by atoms with Crippen LogP contribution in [0.4, 0.5) is 5.69 Å². The molecule has 0 aliphatic rings. The van der Waals surface area contributed by atoms with Crippen molar-refractivity contribution in [3.63, 3.8) is 0 Å². The molecule has 1 aromatic carbocycles. The third-order valence-corrected chi connectivity index (χ3v) is 2.95. The molecule has 6 heteroatoms. The molecule has 0 radical (unpaired) electrons. The zero-order chi connectivity index (χ0) is 16.6. The molecule has 0 fully saturated rings. The largest absolute Gasteiger partial charge is 0.424 e. The van der Waals surface area contributed by atoms with Gasteiger partial charge in [-0.25, -0.2) is 9.97 Å². The van der Waals surface area contributed by atoms with E-state index >= 15 is 0 Å². The van der Waals surface area contributed by atoms with E-state index in [1.165, 1.54) is 6.08 Å². The Morgan fingerprint density at radius 2 is 1.79 bits per heavy atom. The number of rotatable bonds is 5. The van der Waals surface area contributed by atoms with Gasteiger partial charge in [0.2, 0.25) is 5.91 Å². The van der Waals surface area contributed by atoms with Crippen LogP contribution in [0.15, 0.2) is 73.2 Å². The molecule has 2 heterocycles. The molecule has 0 aliphatic heterocycles. The first-order valence-corrected chi connectivity index (χ1v) is 7.25. The van der Waals surface area contributed by atoms with Crippen molar-refractivity contribution in [3.05, 3.63) is 78.9 Å². The molecule has 0 saturated heterocycles. The van der Waals surface area contributed by atoms with E-state index in [1.807, 2.05) is 18.2 Å². The second kappa shape index (κ2) is 7.64. The third kappa shape index (κ3) is 4.48. The molecule has 0 aliphatic carbocycles. The highest BCUT2D eigenvalue weighted by Gasteiger charge is 2.02. The zero-order valence-electron chi connectivity index (χ0n) is 12.7. The Morgan fingerprint density at radius 3 is 2.58 bits per heavy atom. The summed E-state index contributed by atoms with van der Waals surface area (Å²) in [7, 11) is 0. The van der Waals surface area contributed by atoms with Crippen LogP contribution in [0.3, 0.4) is 0 Å². The fourth-order valence-electron chi connectivity index (χ4n) is 1.90. The summed E-state index contributed by atoms with van der Waals surface area (Å²) < 4.78 is 5.53. The van der Waals surface area contributed by atoms with Gasteiger partial charge in [-0.1, -0.05) is 12.1 Å². The molecule has 24 heavy (non-hydrogen) atoms. The summed E-state index contributed by atoms with van der Waals surface area (Å²) >= 11 is 0. The number of nitrogens with zero attached hydrogens (tertiary/aromatic N) is 3. The van der Waals surface area contributed by atoms with Gasteiger partial charge in [0, 0.05) is 36.4 Å². The van der Waals surface area contributed by atoms with Crippen molar-refractivity contribution >= 4 is 17.7 Å². The zero-order valence-corrected chi connectivity index (χ0v) is 12.7. The maximum Gasteiger partial charge on any atom is 0.321 e. The fourth-order valence-corrected chi connectivity index (χ4v) is 1.90. The Morgan fingerprint density at radius 1 is 0.958 bits per heavy atom. The molecule has 1 N–H and O–H groups in total. The lowest BCUT2D eigenvalue weighted by Crippen LogP contribution is -2.07.